The first kappa shape index (κ1) is 30.6. The molecule has 37 heavy (non-hydrogen) atoms. The smallest absolute Gasteiger partial charge is 0.172 e. The van der Waals surface area contributed by atoms with Gasteiger partial charge in [-0.15, -0.1) is 17.2 Å². The first-order chi connectivity index (χ1) is 17.1. The Hall–Kier alpha value is -2.64. The SMILES string of the molecule is CN(C)c1[c-]c2c(cc1)-c1ccccc1C2.[Cl-].[Cl-].[Zr+2]=[C](c1ccccc1)c1ccccc1.c1cc[cH-]c1. The number of fused-ring (bicyclic) bond motifs is 3. The van der Waals surface area contributed by atoms with E-state index in [4.69, 9.17) is 0 Å². The Labute approximate surface area is 248 Å². The van der Waals surface area contributed by atoms with Crippen LogP contribution in [0, 0.1) is 6.07 Å². The van der Waals surface area contributed by atoms with Gasteiger partial charge in [0, 0.05) is 14.1 Å². The van der Waals surface area contributed by atoms with Crippen LogP contribution in [-0.4, -0.2) is 17.3 Å². The minimum Gasteiger partial charge on any atom is -0.214 e. The van der Waals surface area contributed by atoms with Crippen molar-refractivity contribution in [3.8, 4) is 11.1 Å². The maximum atomic E-state index is 3.50. The largest absolute Gasteiger partial charge is 0.214 e. The number of benzene rings is 4. The number of hydrogen-bond donors (Lipinski definition) is 0. The van der Waals surface area contributed by atoms with Gasteiger partial charge in [0.2, 0.25) is 0 Å². The van der Waals surface area contributed by atoms with Gasteiger partial charge in [-0.3, -0.25) is 0 Å². The van der Waals surface area contributed by atoms with Crippen LogP contribution < -0.4 is 29.7 Å². The van der Waals surface area contributed by atoms with Crippen molar-refractivity contribution in [3.63, 3.8) is 0 Å². The molecule has 1 nitrogen and oxygen atoms in total. The van der Waals surface area contributed by atoms with Crippen LogP contribution in [0.3, 0.4) is 0 Å². The van der Waals surface area contributed by atoms with Crippen LogP contribution in [0.4, 0.5) is 5.69 Å². The molecule has 0 unspecified atom stereocenters. The molecule has 186 valence electrons. The molecule has 0 radical (unpaired) electrons. The van der Waals surface area contributed by atoms with Crippen molar-refractivity contribution in [2.45, 2.75) is 6.42 Å². The molecule has 6 rings (SSSR count). The molecule has 0 saturated carbocycles. The molecule has 5 aromatic carbocycles. The summed E-state index contributed by atoms with van der Waals surface area (Å²) in [7, 11) is 4.11. The molecule has 1 aliphatic rings. The Morgan fingerprint density at radius 3 is 1.73 bits per heavy atom. The normalized spacial score (nSPS) is 10.1. The fourth-order valence-corrected chi connectivity index (χ4v) is 4.82. The zero-order chi connectivity index (χ0) is 24.5. The molecule has 0 aliphatic heterocycles. The molecule has 1 aliphatic carbocycles. The Bertz CT molecular complexity index is 1290. The number of rotatable bonds is 3. The minimum atomic E-state index is 0. The van der Waals surface area contributed by atoms with E-state index < -0.39 is 0 Å². The topological polar surface area (TPSA) is 3.24 Å². The van der Waals surface area contributed by atoms with Crippen molar-refractivity contribution in [2.24, 2.45) is 0 Å². The monoisotopic (exact) mass is 599 g/mol. The van der Waals surface area contributed by atoms with E-state index in [1.165, 1.54) is 60.8 Å². The van der Waals surface area contributed by atoms with E-state index in [1.807, 2.05) is 30.3 Å². The zero-order valence-electron chi connectivity index (χ0n) is 21.0. The second-order valence-electron chi connectivity index (χ2n) is 8.53. The molecule has 0 saturated heterocycles. The van der Waals surface area contributed by atoms with Gasteiger partial charge in [0.25, 0.3) is 0 Å². The summed E-state index contributed by atoms with van der Waals surface area (Å²) in [5.74, 6) is 0. The van der Waals surface area contributed by atoms with E-state index in [0.717, 1.165) is 12.1 Å². The second kappa shape index (κ2) is 15.6. The fraction of sp³-hybridized carbons (Fsp3) is 0.0909. The molecular weight excluding hydrogens is 573 g/mol. The third kappa shape index (κ3) is 8.44. The van der Waals surface area contributed by atoms with Crippen LogP contribution in [-0.2, 0) is 30.7 Å². The van der Waals surface area contributed by atoms with Gasteiger partial charge < -0.3 is 29.7 Å². The summed E-state index contributed by atoms with van der Waals surface area (Å²) in [6.07, 6.45) is 1.02. The van der Waals surface area contributed by atoms with Crippen LogP contribution in [0.2, 0.25) is 0 Å². The molecule has 0 atom stereocenters. The van der Waals surface area contributed by atoms with Crippen molar-refractivity contribution in [1.82, 2.24) is 0 Å². The van der Waals surface area contributed by atoms with Crippen molar-refractivity contribution in [1.29, 1.82) is 0 Å². The predicted molar refractivity (Wildman–Crippen MR) is 146 cm³/mol. The second-order valence-corrected chi connectivity index (χ2v) is 9.76. The van der Waals surface area contributed by atoms with E-state index in [2.05, 4.69) is 122 Å². The molecule has 0 bridgehead atoms. The average molecular weight is 602 g/mol. The maximum absolute atomic E-state index is 3.50. The van der Waals surface area contributed by atoms with Gasteiger partial charge in [-0.25, -0.2) is 12.1 Å². The van der Waals surface area contributed by atoms with E-state index in [1.54, 1.807) is 0 Å². The van der Waals surface area contributed by atoms with Gasteiger partial charge in [0.05, 0.1) is 0 Å². The van der Waals surface area contributed by atoms with Gasteiger partial charge in [-0.2, -0.15) is 30.3 Å². The summed E-state index contributed by atoms with van der Waals surface area (Å²) >= 11 is 1.46. The van der Waals surface area contributed by atoms with Crippen LogP contribution in [0.25, 0.3) is 11.1 Å². The molecule has 5 aromatic rings. The van der Waals surface area contributed by atoms with Crippen molar-refractivity contribution in [3.05, 3.63) is 156 Å². The predicted octanol–water partition coefficient (Wildman–Crippen LogP) is 1.34. The Morgan fingerprint density at radius 2 is 1.22 bits per heavy atom. The molecule has 0 fully saturated rings. The quantitative estimate of drug-likeness (QED) is 0.277. The zero-order valence-corrected chi connectivity index (χ0v) is 25.0. The Morgan fingerprint density at radius 1 is 0.676 bits per heavy atom. The fourth-order valence-electron chi connectivity index (χ4n) is 4.00. The van der Waals surface area contributed by atoms with Gasteiger partial charge in [0.1, 0.15) is 0 Å². The van der Waals surface area contributed by atoms with Crippen molar-refractivity contribution >= 4 is 8.89 Å². The van der Waals surface area contributed by atoms with Crippen LogP contribution in [0.15, 0.2) is 127 Å². The molecule has 0 amide bonds. The Kier molecular flexibility index (Phi) is 12.9. The van der Waals surface area contributed by atoms with Gasteiger partial charge in [0.15, 0.2) is 0 Å². The maximum Gasteiger partial charge on any atom is -0.172 e. The third-order valence-corrected chi connectivity index (χ3v) is 7.27. The van der Waals surface area contributed by atoms with E-state index in [-0.39, 0.29) is 24.8 Å². The van der Waals surface area contributed by atoms with E-state index in [0.29, 0.717) is 0 Å². The minimum absolute atomic E-state index is 0. The van der Waals surface area contributed by atoms with Gasteiger partial charge in [-0.1, -0.05) is 41.1 Å². The first-order valence-corrected chi connectivity index (χ1v) is 13.0. The molecule has 0 N–H and O–H groups in total. The van der Waals surface area contributed by atoms with Crippen LogP contribution in [0.1, 0.15) is 22.3 Å². The third-order valence-electron chi connectivity index (χ3n) is 5.85. The molecule has 0 spiro atoms. The summed E-state index contributed by atoms with van der Waals surface area (Å²) in [4.78, 5) is 2.10. The van der Waals surface area contributed by atoms with E-state index in [9.17, 15) is 0 Å². The van der Waals surface area contributed by atoms with Crippen molar-refractivity contribution in [2.75, 3.05) is 19.0 Å². The van der Waals surface area contributed by atoms with Crippen molar-refractivity contribution < 1.29 is 49.0 Å². The van der Waals surface area contributed by atoms with E-state index >= 15 is 0 Å². The molecular formula is C33H29Cl2NZr-2. The summed E-state index contributed by atoms with van der Waals surface area (Å²) < 4.78 is 1.42. The summed E-state index contributed by atoms with van der Waals surface area (Å²) in [5.41, 5.74) is 9.29. The van der Waals surface area contributed by atoms with Gasteiger partial charge in [-0.05, 0) is 6.42 Å². The summed E-state index contributed by atoms with van der Waals surface area (Å²) in [5, 5.41) is 0. The number of nitrogens with zero attached hydrogens (tertiary/aromatic N) is 1. The number of halogens is 2. The van der Waals surface area contributed by atoms with Crippen LogP contribution >= 0.6 is 0 Å². The van der Waals surface area contributed by atoms with Crippen LogP contribution in [0.5, 0.6) is 0 Å². The standard InChI is InChI=1S/C15H14N.C13H10.C5H5.2ClH.Zr/c1-16(2)13-7-8-15-12(10-13)9-11-5-3-4-6-14(11)15;1-3-7-12(8-4-1)11-13-9-5-2-6-10-13;1-2-4-5-3-1;;;/h3-8H,9H2,1-2H3;1-10H;1-5H;2*1H;/q-1;;-1;;;+2/p-2. The summed E-state index contributed by atoms with van der Waals surface area (Å²) in [6, 6.07) is 47.6. The number of anilines is 1. The molecule has 0 heterocycles. The number of hydrogen-bond acceptors (Lipinski definition) is 1. The molecule has 4 heteroatoms. The Balaban J connectivity index is 0.000000211. The molecule has 0 aromatic heterocycles. The first-order valence-electron chi connectivity index (χ1n) is 11.8. The summed E-state index contributed by atoms with van der Waals surface area (Å²) in [6.45, 7) is 0. The van der Waals surface area contributed by atoms with Gasteiger partial charge >= 0.3 is 99.2 Å². The average Bonchev–Trinajstić information content (AvgIpc) is 3.61.